The van der Waals surface area contributed by atoms with Gasteiger partial charge in [0.1, 0.15) is 12.4 Å². The maximum Gasteiger partial charge on any atom is 0.405 e. The van der Waals surface area contributed by atoms with E-state index in [0.29, 0.717) is 0 Å². The Labute approximate surface area is 90.1 Å². The van der Waals surface area contributed by atoms with E-state index < -0.39 is 25.1 Å². The van der Waals surface area contributed by atoms with Gasteiger partial charge in [-0.05, 0) is 18.2 Å². The van der Waals surface area contributed by atoms with E-state index in [0.717, 1.165) is 17.0 Å². The molecule has 0 spiro atoms. The van der Waals surface area contributed by atoms with Gasteiger partial charge in [-0.25, -0.2) is 4.39 Å². The largest absolute Gasteiger partial charge is 0.405 e. The molecule has 0 saturated carbocycles. The third kappa shape index (κ3) is 3.37. The Morgan fingerprint density at radius 3 is 2.44 bits per heavy atom. The second-order valence-corrected chi connectivity index (χ2v) is 3.40. The molecule has 0 unspecified atom stereocenters. The molecule has 90 valence electrons. The summed E-state index contributed by atoms with van der Waals surface area (Å²) >= 11 is 0. The van der Waals surface area contributed by atoms with Gasteiger partial charge < -0.3 is 10.0 Å². The molecule has 0 saturated heterocycles. The zero-order valence-electron chi connectivity index (χ0n) is 8.55. The first kappa shape index (κ1) is 12.8. The number of benzene rings is 1. The van der Waals surface area contributed by atoms with Crippen LogP contribution in [0.15, 0.2) is 18.2 Å². The minimum atomic E-state index is -4.34. The van der Waals surface area contributed by atoms with E-state index in [1.807, 2.05) is 0 Å². The van der Waals surface area contributed by atoms with Gasteiger partial charge >= 0.3 is 6.18 Å². The highest BCUT2D eigenvalue weighted by molar-refractivity contribution is 5.53. The first-order chi connectivity index (χ1) is 7.33. The lowest BCUT2D eigenvalue weighted by Crippen LogP contribution is -2.31. The van der Waals surface area contributed by atoms with E-state index in [4.69, 9.17) is 5.11 Å². The van der Waals surface area contributed by atoms with Gasteiger partial charge in [-0.1, -0.05) is 0 Å². The topological polar surface area (TPSA) is 23.5 Å². The van der Waals surface area contributed by atoms with Crippen LogP contribution in [0.2, 0.25) is 0 Å². The highest BCUT2D eigenvalue weighted by atomic mass is 19.4. The Balaban J connectivity index is 2.94. The predicted molar refractivity (Wildman–Crippen MR) is 51.6 cm³/mol. The summed E-state index contributed by atoms with van der Waals surface area (Å²) in [6.45, 7) is -1.65. The SMILES string of the molecule is CN(CC(F)(F)F)c1ccc(F)cc1CO. The molecule has 1 N–H and O–H groups in total. The van der Waals surface area contributed by atoms with Crippen molar-refractivity contribution in [1.82, 2.24) is 0 Å². The molecule has 0 bridgehead atoms. The maximum atomic E-state index is 12.8. The lowest BCUT2D eigenvalue weighted by atomic mass is 10.1. The summed E-state index contributed by atoms with van der Waals surface area (Å²) in [6.07, 6.45) is -4.34. The van der Waals surface area contributed by atoms with Crippen molar-refractivity contribution in [3.63, 3.8) is 0 Å². The van der Waals surface area contributed by atoms with Crippen LogP contribution >= 0.6 is 0 Å². The van der Waals surface area contributed by atoms with Gasteiger partial charge in [0.25, 0.3) is 0 Å². The average Bonchev–Trinajstić information content (AvgIpc) is 2.14. The van der Waals surface area contributed by atoms with Gasteiger partial charge in [0.15, 0.2) is 0 Å². The summed E-state index contributed by atoms with van der Waals surface area (Å²) in [5.74, 6) is -0.590. The number of alkyl halides is 3. The third-order valence-electron chi connectivity index (χ3n) is 2.04. The van der Waals surface area contributed by atoms with Crippen LogP contribution in [0.5, 0.6) is 0 Å². The molecule has 0 aliphatic carbocycles. The molecule has 1 aromatic rings. The number of halogens is 4. The predicted octanol–water partition coefficient (Wildman–Crippen LogP) is 2.32. The zero-order chi connectivity index (χ0) is 12.3. The Morgan fingerprint density at radius 1 is 1.31 bits per heavy atom. The molecule has 0 aromatic heterocycles. The Bertz CT molecular complexity index is 364. The molecular weight excluding hydrogens is 226 g/mol. The summed E-state index contributed by atoms with van der Waals surface area (Å²) in [7, 11) is 1.24. The molecule has 16 heavy (non-hydrogen) atoms. The van der Waals surface area contributed by atoms with Crippen LogP contribution in [-0.4, -0.2) is 24.9 Å². The van der Waals surface area contributed by atoms with E-state index in [1.165, 1.54) is 13.1 Å². The van der Waals surface area contributed by atoms with E-state index in [9.17, 15) is 17.6 Å². The number of hydrogen-bond donors (Lipinski definition) is 1. The number of anilines is 1. The second kappa shape index (κ2) is 4.69. The van der Waals surface area contributed by atoms with Crippen LogP contribution in [0.4, 0.5) is 23.2 Å². The van der Waals surface area contributed by atoms with Gasteiger partial charge in [0.05, 0.1) is 6.61 Å². The third-order valence-corrected chi connectivity index (χ3v) is 2.04. The first-order valence-corrected chi connectivity index (χ1v) is 4.50. The fourth-order valence-electron chi connectivity index (χ4n) is 1.41. The summed E-state index contributed by atoms with van der Waals surface area (Å²) in [4.78, 5) is 0.922. The molecule has 1 rings (SSSR count). The molecule has 0 heterocycles. The normalized spacial score (nSPS) is 11.6. The summed E-state index contributed by atoms with van der Waals surface area (Å²) < 4.78 is 49.2. The molecule has 2 nitrogen and oxygen atoms in total. The van der Waals surface area contributed by atoms with Crippen LogP contribution < -0.4 is 4.90 Å². The highest BCUT2D eigenvalue weighted by Gasteiger charge is 2.30. The van der Waals surface area contributed by atoms with Crippen molar-refractivity contribution in [2.75, 3.05) is 18.5 Å². The minimum absolute atomic E-state index is 0.131. The van der Waals surface area contributed by atoms with Gasteiger partial charge in [-0.15, -0.1) is 0 Å². The number of hydrogen-bond acceptors (Lipinski definition) is 2. The standard InChI is InChI=1S/C10H11F4NO/c1-15(6-10(12,13)14)9-3-2-8(11)4-7(9)5-16/h2-4,16H,5-6H2,1H3. The van der Waals surface area contributed by atoms with Crippen LogP contribution in [0.1, 0.15) is 5.56 Å². The van der Waals surface area contributed by atoms with Crippen molar-refractivity contribution >= 4 is 5.69 Å². The Hall–Kier alpha value is -1.30. The zero-order valence-corrected chi connectivity index (χ0v) is 8.55. The molecule has 0 atom stereocenters. The van der Waals surface area contributed by atoms with Crippen molar-refractivity contribution in [2.24, 2.45) is 0 Å². The van der Waals surface area contributed by atoms with Crippen molar-refractivity contribution in [3.05, 3.63) is 29.6 Å². The van der Waals surface area contributed by atoms with E-state index in [-0.39, 0.29) is 11.3 Å². The van der Waals surface area contributed by atoms with Crippen molar-refractivity contribution < 1.29 is 22.7 Å². The van der Waals surface area contributed by atoms with E-state index in [2.05, 4.69) is 0 Å². The lowest BCUT2D eigenvalue weighted by Gasteiger charge is -2.23. The summed E-state index contributed by atoms with van der Waals surface area (Å²) in [5, 5.41) is 8.92. The summed E-state index contributed by atoms with van der Waals surface area (Å²) in [6, 6.07) is 3.29. The molecule has 1 aromatic carbocycles. The van der Waals surface area contributed by atoms with E-state index >= 15 is 0 Å². The minimum Gasteiger partial charge on any atom is -0.392 e. The van der Waals surface area contributed by atoms with Crippen molar-refractivity contribution in [3.8, 4) is 0 Å². The van der Waals surface area contributed by atoms with E-state index in [1.54, 1.807) is 0 Å². The molecule has 0 amide bonds. The Morgan fingerprint density at radius 2 is 1.94 bits per heavy atom. The molecule has 6 heteroatoms. The lowest BCUT2D eigenvalue weighted by molar-refractivity contribution is -0.119. The number of aliphatic hydroxyl groups is 1. The molecule has 0 fully saturated rings. The molecule has 0 radical (unpaired) electrons. The van der Waals surface area contributed by atoms with Gasteiger partial charge in [0.2, 0.25) is 0 Å². The van der Waals surface area contributed by atoms with Gasteiger partial charge in [0, 0.05) is 18.3 Å². The van der Waals surface area contributed by atoms with Gasteiger partial charge in [-0.2, -0.15) is 13.2 Å². The number of rotatable bonds is 3. The Kier molecular flexibility index (Phi) is 3.74. The van der Waals surface area contributed by atoms with Crippen LogP contribution in [0, 0.1) is 5.82 Å². The molecule has 0 aliphatic rings. The summed E-state index contributed by atoms with van der Waals surface area (Å²) in [5.41, 5.74) is 0.299. The van der Waals surface area contributed by atoms with Crippen LogP contribution in [0.3, 0.4) is 0 Å². The fourth-order valence-corrected chi connectivity index (χ4v) is 1.41. The molecule has 0 aliphatic heterocycles. The van der Waals surface area contributed by atoms with Gasteiger partial charge in [-0.3, -0.25) is 0 Å². The first-order valence-electron chi connectivity index (χ1n) is 4.50. The van der Waals surface area contributed by atoms with Crippen LogP contribution in [0.25, 0.3) is 0 Å². The smallest absolute Gasteiger partial charge is 0.392 e. The quantitative estimate of drug-likeness (QED) is 0.815. The van der Waals surface area contributed by atoms with Crippen molar-refractivity contribution in [2.45, 2.75) is 12.8 Å². The average molecular weight is 237 g/mol. The van der Waals surface area contributed by atoms with Crippen molar-refractivity contribution in [1.29, 1.82) is 0 Å². The molecular formula is C10H11F4NO. The fraction of sp³-hybridized carbons (Fsp3) is 0.400. The number of nitrogens with zero attached hydrogens (tertiary/aromatic N) is 1. The monoisotopic (exact) mass is 237 g/mol. The second-order valence-electron chi connectivity index (χ2n) is 3.40. The maximum absolute atomic E-state index is 12.8. The van der Waals surface area contributed by atoms with Crippen LogP contribution in [-0.2, 0) is 6.61 Å². The number of aliphatic hydroxyl groups excluding tert-OH is 1. The highest BCUT2D eigenvalue weighted by Crippen LogP contribution is 2.24.